The Bertz CT molecular complexity index is 1200. The maximum Gasteiger partial charge on any atom is 0.213 e. The summed E-state index contributed by atoms with van der Waals surface area (Å²) in [6, 6.07) is 17.4. The molecule has 0 saturated carbocycles. The third kappa shape index (κ3) is 5.13. The fourth-order valence-electron chi connectivity index (χ4n) is 4.14. The highest BCUT2D eigenvalue weighted by molar-refractivity contribution is 8.03. The van der Waals surface area contributed by atoms with Crippen LogP contribution in [0.25, 0.3) is 17.0 Å². The Balaban J connectivity index is 1.49. The molecule has 0 N–H and O–H groups in total. The van der Waals surface area contributed by atoms with E-state index in [0.29, 0.717) is 6.42 Å². The standard InChI is InChI=1S/C28H31N2OS/c1-21-15-16-26-27(20-21)32-28(29(26)3)14-9-11-23-17-19-30(18-8-4-5-10-22(2)31)25-13-7-6-12-24(23)25/h6-7,9,11-17,19-20H,4-5,8,10,18H2,1-3H3/q+1. The second-order valence-corrected chi connectivity index (χ2v) is 9.55. The number of nitrogens with zero attached hydrogens (tertiary/aromatic N) is 2. The number of hydrogen-bond acceptors (Lipinski definition) is 3. The average molecular weight is 444 g/mol. The third-order valence-electron chi connectivity index (χ3n) is 5.92. The summed E-state index contributed by atoms with van der Waals surface area (Å²) in [6.07, 6.45) is 12.6. The van der Waals surface area contributed by atoms with Crippen LogP contribution in [0.2, 0.25) is 0 Å². The van der Waals surface area contributed by atoms with Crippen LogP contribution in [0.4, 0.5) is 5.69 Å². The SMILES string of the molecule is CC(=O)CCCCC[n+]1ccc(/C=C/C=C2\Sc3cc(C)ccc3N2C)c2ccccc21. The van der Waals surface area contributed by atoms with E-state index in [1.54, 1.807) is 6.92 Å². The van der Waals surface area contributed by atoms with Crippen LogP contribution in [0, 0.1) is 6.92 Å². The maximum absolute atomic E-state index is 11.1. The first-order chi connectivity index (χ1) is 15.5. The van der Waals surface area contributed by atoms with Crippen LogP contribution in [0.15, 0.2) is 76.8 Å². The Morgan fingerprint density at radius 2 is 1.94 bits per heavy atom. The van der Waals surface area contributed by atoms with Crippen molar-refractivity contribution in [1.29, 1.82) is 0 Å². The molecule has 164 valence electrons. The van der Waals surface area contributed by atoms with Crippen molar-refractivity contribution in [1.82, 2.24) is 0 Å². The Kier molecular flexibility index (Phi) is 7.11. The van der Waals surface area contributed by atoms with Crippen LogP contribution >= 0.6 is 11.8 Å². The molecule has 1 aliphatic heterocycles. The van der Waals surface area contributed by atoms with E-state index in [9.17, 15) is 4.79 Å². The second kappa shape index (κ2) is 10.2. The number of ketones is 1. The second-order valence-electron chi connectivity index (χ2n) is 8.49. The average Bonchev–Trinajstić information content (AvgIpc) is 3.08. The molecule has 0 bridgehead atoms. The van der Waals surface area contributed by atoms with Gasteiger partial charge in [-0.25, -0.2) is 0 Å². The van der Waals surface area contributed by atoms with Gasteiger partial charge in [-0.3, -0.25) is 0 Å². The minimum Gasteiger partial charge on any atom is -0.338 e. The van der Waals surface area contributed by atoms with Crippen LogP contribution in [0.3, 0.4) is 0 Å². The summed E-state index contributed by atoms with van der Waals surface area (Å²) in [4.78, 5) is 14.7. The summed E-state index contributed by atoms with van der Waals surface area (Å²) in [5, 5.41) is 2.50. The lowest BCUT2D eigenvalue weighted by Crippen LogP contribution is -2.34. The lowest BCUT2D eigenvalue weighted by atomic mass is 10.1. The molecule has 1 aliphatic rings. The number of unbranched alkanes of at least 4 members (excludes halogenated alkanes) is 2. The summed E-state index contributed by atoms with van der Waals surface area (Å²) >= 11 is 1.82. The number of anilines is 1. The van der Waals surface area contributed by atoms with E-state index in [-0.39, 0.29) is 5.78 Å². The highest BCUT2D eigenvalue weighted by Crippen LogP contribution is 2.45. The molecule has 3 aromatic rings. The number of pyridine rings is 1. The molecule has 0 amide bonds. The number of carbonyl (C=O) groups excluding carboxylic acids is 1. The van der Waals surface area contributed by atoms with Crippen LogP contribution in [0.5, 0.6) is 0 Å². The molecule has 4 rings (SSSR count). The Morgan fingerprint density at radius 1 is 1.09 bits per heavy atom. The number of rotatable bonds is 8. The molecule has 0 spiro atoms. The lowest BCUT2D eigenvalue weighted by molar-refractivity contribution is -0.671. The van der Waals surface area contributed by atoms with Gasteiger partial charge in [0, 0.05) is 36.9 Å². The van der Waals surface area contributed by atoms with Gasteiger partial charge in [-0.15, -0.1) is 0 Å². The van der Waals surface area contributed by atoms with Crippen molar-refractivity contribution < 1.29 is 9.36 Å². The molecule has 2 aromatic carbocycles. The van der Waals surface area contributed by atoms with Crippen molar-refractivity contribution in [2.24, 2.45) is 0 Å². The van der Waals surface area contributed by atoms with Crippen LogP contribution < -0.4 is 9.47 Å². The molecule has 0 aliphatic carbocycles. The fourth-order valence-corrected chi connectivity index (χ4v) is 5.30. The lowest BCUT2D eigenvalue weighted by Gasteiger charge is -2.12. The molecule has 4 heteroatoms. The van der Waals surface area contributed by atoms with Crippen LogP contribution in [-0.2, 0) is 11.3 Å². The van der Waals surface area contributed by atoms with Gasteiger partial charge in [-0.2, -0.15) is 4.57 Å². The largest absolute Gasteiger partial charge is 0.338 e. The first kappa shape index (κ1) is 22.3. The maximum atomic E-state index is 11.1. The third-order valence-corrected chi connectivity index (χ3v) is 7.09. The number of aryl methyl sites for hydroxylation is 2. The normalized spacial score (nSPS) is 14.6. The molecule has 0 atom stereocenters. The first-order valence-electron chi connectivity index (χ1n) is 11.3. The number of para-hydroxylation sites is 1. The van der Waals surface area contributed by atoms with E-state index < -0.39 is 0 Å². The van der Waals surface area contributed by atoms with Crippen molar-refractivity contribution in [2.75, 3.05) is 11.9 Å². The molecule has 2 heterocycles. The summed E-state index contributed by atoms with van der Waals surface area (Å²) in [7, 11) is 2.13. The number of thioether (sulfide) groups is 1. The number of hydrogen-bond donors (Lipinski definition) is 0. The minimum absolute atomic E-state index is 0.287. The monoisotopic (exact) mass is 443 g/mol. The van der Waals surface area contributed by atoms with Gasteiger partial charge in [0.1, 0.15) is 12.3 Å². The number of carbonyl (C=O) groups is 1. The molecule has 32 heavy (non-hydrogen) atoms. The van der Waals surface area contributed by atoms with Gasteiger partial charge in [0.15, 0.2) is 6.20 Å². The predicted molar refractivity (Wildman–Crippen MR) is 136 cm³/mol. The van der Waals surface area contributed by atoms with Gasteiger partial charge < -0.3 is 9.69 Å². The van der Waals surface area contributed by atoms with Crippen LogP contribution in [0.1, 0.15) is 43.7 Å². The predicted octanol–water partition coefficient (Wildman–Crippen LogP) is 6.68. The molecular weight excluding hydrogens is 412 g/mol. The Morgan fingerprint density at radius 3 is 2.78 bits per heavy atom. The van der Waals surface area contributed by atoms with Crippen LogP contribution in [-0.4, -0.2) is 12.8 Å². The first-order valence-corrected chi connectivity index (χ1v) is 12.2. The Hall–Kier alpha value is -2.85. The zero-order valence-electron chi connectivity index (χ0n) is 19.2. The van der Waals surface area contributed by atoms with E-state index >= 15 is 0 Å². The minimum atomic E-state index is 0.287. The highest BCUT2D eigenvalue weighted by Gasteiger charge is 2.21. The van der Waals surface area contributed by atoms with Gasteiger partial charge in [0.25, 0.3) is 0 Å². The number of fused-ring (bicyclic) bond motifs is 2. The van der Waals surface area contributed by atoms with Crippen molar-refractivity contribution in [3.05, 3.63) is 83.0 Å². The fraction of sp³-hybridized carbons (Fsp3) is 0.286. The molecule has 0 saturated heterocycles. The number of allylic oxidation sites excluding steroid dienone is 2. The van der Waals surface area contributed by atoms with Gasteiger partial charge in [0.05, 0.1) is 16.1 Å². The summed E-state index contributed by atoms with van der Waals surface area (Å²) in [5.41, 5.74) is 5.05. The highest BCUT2D eigenvalue weighted by atomic mass is 32.2. The molecule has 1 aromatic heterocycles. The van der Waals surface area contributed by atoms with E-state index in [1.807, 2.05) is 11.8 Å². The zero-order valence-corrected chi connectivity index (χ0v) is 20.0. The molecule has 0 radical (unpaired) electrons. The number of Topliss-reactive ketones (excluding diaryl/α,β-unsaturated/α-hetero) is 1. The Labute approximate surface area is 195 Å². The zero-order chi connectivity index (χ0) is 22.5. The van der Waals surface area contributed by atoms with Gasteiger partial charge in [-0.1, -0.05) is 42.1 Å². The molecule has 0 fully saturated rings. The van der Waals surface area contributed by atoms with E-state index in [4.69, 9.17) is 0 Å². The van der Waals surface area contributed by atoms with Crippen molar-refractivity contribution in [3.63, 3.8) is 0 Å². The van der Waals surface area contributed by atoms with E-state index in [1.165, 1.54) is 37.6 Å². The van der Waals surface area contributed by atoms with Crippen molar-refractivity contribution >= 4 is 40.2 Å². The topological polar surface area (TPSA) is 24.2 Å². The van der Waals surface area contributed by atoms with E-state index in [2.05, 4.69) is 96.4 Å². The van der Waals surface area contributed by atoms with Crippen molar-refractivity contribution in [2.45, 2.75) is 51.0 Å². The summed E-state index contributed by atoms with van der Waals surface area (Å²) < 4.78 is 2.33. The quantitative estimate of drug-likeness (QED) is 0.287. The van der Waals surface area contributed by atoms with E-state index in [0.717, 1.165) is 25.8 Å². The van der Waals surface area contributed by atoms with Gasteiger partial charge in [0.2, 0.25) is 5.52 Å². The molecule has 0 unspecified atom stereocenters. The smallest absolute Gasteiger partial charge is 0.213 e. The summed E-state index contributed by atoms with van der Waals surface area (Å²) in [5.74, 6) is 0.287. The van der Waals surface area contributed by atoms with Gasteiger partial charge >= 0.3 is 0 Å². The van der Waals surface area contributed by atoms with Gasteiger partial charge in [-0.05, 0) is 62.1 Å². The molecular formula is C28H31N2OS+. The van der Waals surface area contributed by atoms with Crippen molar-refractivity contribution in [3.8, 4) is 0 Å². The number of benzene rings is 2. The molecule has 3 nitrogen and oxygen atoms in total. The summed E-state index contributed by atoms with van der Waals surface area (Å²) in [6.45, 7) is 4.79. The number of aromatic nitrogens is 1.